The maximum atomic E-state index is 11.7. The number of benzene rings is 2. The summed E-state index contributed by atoms with van der Waals surface area (Å²) in [6, 6.07) is 16.0. The lowest BCUT2D eigenvalue weighted by Gasteiger charge is -2.04. The summed E-state index contributed by atoms with van der Waals surface area (Å²) in [5.74, 6) is 1.32. The van der Waals surface area contributed by atoms with E-state index in [4.69, 9.17) is 32.4 Å². The van der Waals surface area contributed by atoms with Crippen LogP contribution in [-0.2, 0) is 4.79 Å². The average molecular weight is 403 g/mol. The van der Waals surface area contributed by atoms with Gasteiger partial charge >= 0.3 is 0 Å². The molecule has 3 rings (SSSR count). The van der Waals surface area contributed by atoms with Gasteiger partial charge in [0.1, 0.15) is 17.3 Å². The zero-order chi connectivity index (χ0) is 19.2. The molecule has 5 nitrogen and oxygen atoms in total. The Morgan fingerprint density at radius 2 is 1.93 bits per heavy atom. The lowest BCUT2D eigenvalue weighted by atomic mass is 10.1. The monoisotopic (exact) mass is 402 g/mol. The van der Waals surface area contributed by atoms with Crippen LogP contribution in [0.15, 0.2) is 64.1 Å². The molecular formula is C20H16Cl2N2O3. The van der Waals surface area contributed by atoms with Gasteiger partial charge in [-0.1, -0.05) is 35.3 Å². The summed E-state index contributed by atoms with van der Waals surface area (Å²) in [7, 11) is 0. The first-order chi connectivity index (χ1) is 13.0. The molecule has 1 amide bonds. The van der Waals surface area contributed by atoms with E-state index in [-0.39, 0.29) is 6.61 Å². The van der Waals surface area contributed by atoms with Crippen molar-refractivity contribution in [2.45, 2.75) is 6.92 Å². The number of hydrogen-bond donors (Lipinski definition) is 1. The van der Waals surface area contributed by atoms with Crippen molar-refractivity contribution in [3.8, 4) is 17.1 Å². The van der Waals surface area contributed by atoms with Crippen LogP contribution in [0.3, 0.4) is 0 Å². The summed E-state index contributed by atoms with van der Waals surface area (Å²) in [6.07, 6.45) is 1.42. The number of amides is 1. The molecule has 27 heavy (non-hydrogen) atoms. The maximum absolute atomic E-state index is 11.7. The number of carbonyl (C=O) groups is 1. The number of furan rings is 1. The Kier molecular flexibility index (Phi) is 6.16. The Morgan fingerprint density at radius 1 is 1.15 bits per heavy atom. The van der Waals surface area contributed by atoms with E-state index in [2.05, 4.69) is 10.5 Å². The SMILES string of the molecule is Cc1ccc(-c2ccc(C=NNC(=O)COc3ccc(Cl)cc3)o2)cc1Cl. The van der Waals surface area contributed by atoms with Crippen molar-refractivity contribution in [3.05, 3.63) is 76.0 Å². The van der Waals surface area contributed by atoms with E-state index in [0.29, 0.717) is 27.3 Å². The molecule has 138 valence electrons. The van der Waals surface area contributed by atoms with Gasteiger partial charge in [-0.2, -0.15) is 5.10 Å². The van der Waals surface area contributed by atoms with Crippen molar-refractivity contribution in [1.29, 1.82) is 0 Å². The highest BCUT2D eigenvalue weighted by Crippen LogP contribution is 2.26. The third kappa shape index (κ3) is 5.36. The number of nitrogens with zero attached hydrogens (tertiary/aromatic N) is 1. The van der Waals surface area contributed by atoms with E-state index in [1.54, 1.807) is 30.3 Å². The minimum absolute atomic E-state index is 0.162. The topological polar surface area (TPSA) is 63.8 Å². The molecule has 0 atom stereocenters. The van der Waals surface area contributed by atoms with E-state index in [1.165, 1.54) is 6.21 Å². The van der Waals surface area contributed by atoms with Gasteiger partial charge in [0.15, 0.2) is 6.61 Å². The quantitative estimate of drug-likeness (QED) is 0.461. The van der Waals surface area contributed by atoms with Crippen LogP contribution in [0.25, 0.3) is 11.3 Å². The third-order valence-electron chi connectivity index (χ3n) is 3.65. The van der Waals surface area contributed by atoms with Crippen LogP contribution in [0.5, 0.6) is 5.75 Å². The second-order valence-electron chi connectivity index (χ2n) is 5.70. The van der Waals surface area contributed by atoms with E-state index >= 15 is 0 Å². The zero-order valence-corrected chi connectivity index (χ0v) is 15.9. The van der Waals surface area contributed by atoms with Crippen LogP contribution in [0, 0.1) is 6.92 Å². The first-order valence-corrected chi connectivity index (χ1v) is 8.83. The minimum atomic E-state index is -0.390. The number of ether oxygens (including phenoxy) is 1. The summed E-state index contributed by atoms with van der Waals surface area (Å²) in [5, 5.41) is 5.13. The van der Waals surface area contributed by atoms with Crippen molar-refractivity contribution < 1.29 is 13.9 Å². The van der Waals surface area contributed by atoms with Gasteiger partial charge < -0.3 is 9.15 Å². The summed E-state index contributed by atoms with van der Waals surface area (Å²) in [6.45, 7) is 1.77. The van der Waals surface area contributed by atoms with Crippen LogP contribution in [0.4, 0.5) is 0 Å². The lowest BCUT2D eigenvalue weighted by molar-refractivity contribution is -0.123. The fourth-order valence-corrected chi connectivity index (χ4v) is 2.51. The van der Waals surface area contributed by atoms with Crippen molar-refractivity contribution in [3.63, 3.8) is 0 Å². The van der Waals surface area contributed by atoms with Crippen LogP contribution >= 0.6 is 23.2 Å². The van der Waals surface area contributed by atoms with Crippen LogP contribution in [-0.4, -0.2) is 18.7 Å². The number of aryl methyl sites for hydroxylation is 1. The van der Waals surface area contributed by atoms with Gasteiger partial charge in [-0.3, -0.25) is 4.79 Å². The fourth-order valence-electron chi connectivity index (χ4n) is 2.20. The van der Waals surface area contributed by atoms with Gasteiger partial charge in [0.2, 0.25) is 0 Å². The highest BCUT2D eigenvalue weighted by atomic mass is 35.5. The van der Waals surface area contributed by atoms with Crippen molar-refractivity contribution >= 4 is 35.3 Å². The molecule has 0 aliphatic carbocycles. The standard InChI is InChI=1S/C20H16Cl2N2O3/c1-13-2-3-14(10-18(13)22)19-9-8-17(27-19)11-23-24-20(25)12-26-16-6-4-15(21)5-7-16/h2-11H,12H2,1H3,(H,24,25). The minimum Gasteiger partial charge on any atom is -0.484 e. The van der Waals surface area contributed by atoms with E-state index in [9.17, 15) is 4.79 Å². The molecule has 2 aromatic carbocycles. The second-order valence-corrected chi connectivity index (χ2v) is 6.55. The number of hydrazone groups is 1. The number of carbonyl (C=O) groups excluding carboxylic acids is 1. The normalized spacial score (nSPS) is 10.9. The number of hydrogen-bond acceptors (Lipinski definition) is 4. The molecule has 7 heteroatoms. The predicted molar refractivity (Wildman–Crippen MR) is 107 cm³/mol. The van der Waals surface area contributed by atoms with Gasteiger partial charge in [0, 0.05) is 15.6 Å². The Morgan fingerprint density at radius 3 is 2.67 bits per heavy atom. The van der Waals surface area contributed by atoms with Gasteiger partial charge in [-0.25, -0.2) is 5.43 Å². The lowest BCUT2D eigenvalue weighted by Crippen LogP contribution is -2.24. The molecule has 0 aliphatic rings. The van der Waals surface area contributed by atoms with Crippen molar-refractivity contribution in [2.75, 3.05) is 6.61 Å². The first-order valence-electron chi connectivity index (χ1n) is 8.08. The Hall–Kier alpha value is -2.76. The van der Waals surface area contributed by atoms with Crippen LogP contribution < -0.4 is 10.2 Å². The molecule has 0 spiro atoms. The Labute approximate surface area is 166 Å². The van der Waals surface area contributed by atoms with Gasteiger partial charge in [0.25, 0.3) is 5.91 Å². The summed E-state index contributed by atoms with van der Waals surface area (Å²) in [5.41, 5.74) is 4.24. The third-order valence-corrected chi connectivity index (χ3v) is 4.31. The summed E-state index contributed by atoms with van der Waals surface area (Å²) >= 11 is 11.9. The van der Waals surface area contributed by atoms with E-state index in [1.807, 2.05) is 31.2 Å². The molecule has 1 heterocycles. The first kappa shape index (κ1) is 19.0. The van der Waals surface area contributed by atoms with E-state index < -0.39 is 5.91 Å². The van der Waals surface area contributed by atoms with Crippen molar-refractivity contribution in [1.82, 2.24) is 5.43 Å². The molecule has 0 radical (unpaired) electrons. The summed E-state index contributed by atoms with van der Waals surface area (Å²) in [4.78, 5) is 11.7. The zero-order valence-electron chi connectivity index (χ0n) is 14.4. The number of halogens is 2. The Bertz CT molecular complexity index is 966. The highest BCUT2D eigenvalue weighted by Gasteiger charge is 2.06. The number of nitrogens with one attached hydrogen (secondary N) is 1. The smallest absolute Gasteiger partial charge is 0.277 e. The molecular weight excluding hydrogens is 387 g/mol. The largest absolute Gasteiger partial charge is 0.484 e. The molecule has 0 fully saturated rings. The van der Waals surface area contributed by atoms with Crippen molar-refractivity contribution in [2.24, 2.45) is 5.10 Å². The van der Waals surface area contributed by atoms with Gasteiger partial charge in [-0.05, 0) is 55.0 Å². The molecule has 0 bridgehead atoms. The Balaban J connectivity index is 1.52. The predicted octanol–water partition coefficient (Wildman–Crippen LogP) is 5.09. The number of rotatable bonds is 6. The highest BCUT2D eigenvalue weighted by molar-refractivity contribution is 6.31. The molecule has 1 aromatic heterocycles. The van der Waals surface area contributed by atoms with E-state index in [0.717, 1.165) is 11.1 Å². The molecule has 1 N–H and O–H groups in total. The molecule has 3 aromatic rings. The fraction of sp³-hybridized carbons (Fsp3) is 0.100. The summed E-state index contributed by atoms with van der Waals surface area (Å²) < 4.78 is 11.0. The maximum Gasteiger partial charge on any atom is 0.277 e. The van der Waals surface area contributed by atoms with Crippen LogP contribution in [0.2, 0.25) is 10.0 Å². The van der Waals surface area contributed by atoms with Gasteiger partial charge in [0.05, 0.1) is 6.21 Å². The van der Waals surface area contributed by atoms with Gasteiger partial charge in [-0.15, -0.1) is 0 Å². The second kappa shape index (κ2) is 8.75. The van der Waals surface area contributed by atoms with Crippen LogP contribution in [0.1, 0.15) is 11.3 Å². The average Bonchev–Trinajstić information content (AvgIpc) is 3.12. The molecule has 0 saturated carbocycles. The molecule has 0 saturated heterocycles. The molecule has 0 unspecified atom stereocenters. The molecule has 0 aliphatic heterocycles.